The fourth-order valence-electron chi connectivity index (χ4n) is 4.64. The summed E-state index contributed by atoms with van der Waals surface area (Å²) in [5.41, 5.74) is -5.47. The van der Waals surface area contributed by atoms with E-state index in [9.17, 15) is 39.6 Å². The molecule has 2 aromatic carbocycles. The van der Waals surface area contributed by atoms with Gasteiger partial charge in [-0.3, -0.25) is 4.79 Å². The van der Waals surface area contributed by atoms with Crippen molar-refractivity contribution < 1.29 is 57.4 Å². The summed E-state index contributed by atoms with van der Waals surface area (Å²) in [5, 5.41) is 0. The molecule has 2 aromatic rings. The Bertz CT molecular complexity index is 1640. The number of esters is 2. The SMILES string of the molecule is COC(=O)C1CC/C(=C\Cc2c(OS(=O)(=O)C(F)(F)F)c(C)c3c(c2OS(=O)(=O)c2ccc(C)cc2)C(=O)OC3)C1. The van der Waals surface area contributed by atoms with Crippen LogP contribution in [0.4, 0.5) is 13.2 Å². The smallest absolute Gasteiger partial charge is 0.469 e. The Labute approximate surface area is 234 Å². The van der Waals surface area contributed by atoms with E-state index in [0.717, 1.165) is 5.56 Å². The average molecular weight is 619 g/mol. The maximum Gasteiger partial charge on any atom is 0.534 e. The Balaban J connectivity index is 1.91. The first-order chi connectivity index (χ1) is 19.1. The second-order valence-electron chi connectivity index (χ2n) is 9.55. The summed E-state index contributed by atoms with van der Waals surface area (Å²) in [7, 11) is -9.66. The van der Waals surface area contributed by atoms with E-state index in [4.69, 9.17) is 13.7 Å². The van der Waals surface area contributed by atoms with E-state index in [1.165, 1.54) is 44.4 Å². The standard InChI is InChI=1S/C26H25F3O10S2/c1-14-4-9-18(10-5-14)40(32,33)38-23-19(11-7-16-6-8-17(12-16)24(30)36-3)22(39-41(34,35)26(27,28)29)15(2)20-13-37-25(31)21(20)23/h4-5,7,9-10,17H,6,8,11-13H2,1-3H3/b16-7+. The van der Waals surface area contributed by atoms with Gasteiger partial charge in [0.2, 0.25) is 0 Å². The molecule has 222 valence electrons. The highest BCUT2D eigenvalue weighted by Crippen LogP contribution is 2.46. The maximum atomic E-state index is 13.4. The zero-order valence-electron chi connectivity index (χ0n) is 22.0. The number of carbonyl (C=O) groups excluding carboxylic acids is 2. The molecule has 1 unspecified atom stereocenters. The van der Waals surface area contributed by atoms with Gasteiger partial charge in [-0.05, 0) is 51.7 Å². The Morgan fingerprint density at radius 2 is 1.73 bits per heavy atom. The largest absolute Gasteiger partial charge is 0.534 e. The molecule has 0 saturated heterocycles. The molecule has 0 N–H and O–H groups in total. The number of rotatable bonds is 8. The molecule has 10 nitrogen and oxygen atoms in total. The average Bonchev–Trinajstić information content (AvgIpc) is 3.52. The van der Waals surface area contributed by atoms with Crippen molar-refractivity contribution in [3.05, 3.63) is 63.7 Å². The van der Waals surface area contributed by atoms with Crippen LogP contribution >= 0.6 is 0 Å². The number of carbonyl (C=O) groups is 2. The summed E-state index contributed by atoms with van der Waals surface area (Å²) in [4.78, 5) is 24.3. The van der Waals surface area contributed by atoms with Gasteiger partial charge in [0.15, 0.2) is 11.5 Å². The molecule has 1 atom stereocenters. The highest BCUT2D eigenvalue weighted by molar-refractivity contribution is 7.88. The summed E-state index contributed by atoms with van der Waals surface area (Å²) in [6.07, 6.45) is 2.22. The van der Waals surface area contributed by atoms with Crippen LogP contribution in [0.25, 0.3) is 0 Å². The van der Waals surface area contributed by atoms with Gasteiger partial charge in [-0.2, -0.15) is 30.0 Å². The molecular weight excluding hydrogens is 593 g/mol. The van der Waals surface area contributed by atoms with Gasteiger partial charge in [0.1, 0.15) is 17.1 Å². The molecule has 41 heavy (non-hydrogen) atoms. The van der Waals surface area contributed by atoms with Gasteiger partial charge in [0.25, 0.3) is 0 Å². The van der Waals surface area contributed by atoms with Gasteiger partial charge >= 0.3 is 37.7 Å². The van der Waals surface area contributed by atoms with Crippen molar-refractivity contribution >= 4 is 32.2 Å². The minimum Gasteiger partial charge on any atom is -0.469 e. The zero-order chi connectivity index (χ0) is 30.3. The number of halogens is 3. The van der Waals surface area contributed by atoms with Crippen molar-refractivity contribution in [2.24, 2.45) is 5.92 Å². The molecule has 15 heteroatoms. The normalized spacial score (nSPS) is 18.2. The monoisotopic (exact) mass is 618 g/mol. The molecule has 1 fully saturated rings. The first kappa shape index (κ1) is 30.4. The lowest BCUT2D eigenvalue weighted by molar-refractivity contribution is -0.145. The molecule has 2 aliphatic rings. The van der Waals surface area contributed by atoms with Gasteiger partial charge in [0.05, 0.1) is 13.0 Å². The van der Waals surface area contributed by atoms with Crippen LogP contribution in [0.2, 0.25) is 0 Å². The van der Waals surface area contributed by atoms with Crippen LogP contribution in [0.1, 0.15) is 51.9 Å². The molecular formula is C26H25F3O10S2. The summed E-state index contributed by atoms with van der Waals surface area (Å²) in [6.45, 7) is 2.45. The van der Waals surface area contributed by atoms with E-state index in [2.05, 4.69) is 4.18 Å². The second-order valence-corrected chi connectivity index (χ2v) is 12.6. The molecule has 1 aliphatic carbocycles. The van der Waals surface area contributed by atoms with Crippen LogP contribution < -0.4 is 8.37 Å². The number of cyclic esters (lactones) is 1. The van der Waals surface area contributed by atoms with Crippen molar-refractivity contribution in [2.45, 2.75) is 56.5 Å². The van der Waals surface area contributed by atoms with Gasteiger partial charge in [-0.1, -0.05) is 29.3 Å². The predicted molar refractivity (Wildman–Crippen MR) is 136 cm³/mol. The number of allylic oxidation sites excluding steroid dienone is 2. The molecule has 0 spiro atoms. The third-order valence-electron chi connectivity index (χ3n) is 6.85. The highest BCUT2D eigenvalue weighted by Gasteiger charge is 2.50. The van der Waals surface area contributed by atoms with Crippen LogP contribution in [0.3, 0.4) is 0 Å². The fraction of sp³-hybridized carbons (Fsp3) is 0.385. The van der Waals surface area contributed by atoms with E-state index in [1.807, 2.05) is 0 Å². The topological polar surface area (TPSA) is 139 Å². The van der Waals surface area contributed by atoms with Crippen molar-refractivity contribution in [3.8, 4) is 11.5 Å². The number of alkyl halides is 3. The quantitative estimate of drug-likeness (QED) is 0.181. The Hall–Kier alpha value is -3.59. The molecule has 1 heterocycles. The number of aryl methyl sites for hydroxylation is 1. The van der Waals surface area contributed by atoms with E-state index < -0.39 is 73.7 Å². The van der Waals surface area contributed by atoms with Gasteiger partial charge < -0.3 is 17.8 Å². The lowest BCUT2D eigenvalue weighted by Gasteiger charge is -2.20. The van der Waals surface area contributed by atoms with E-state index in [1.54, 1.807) is 6.92 Å². The van der Waals surface area contributed by atoms with Gasteiger partial charge in [0, 0.05) is 16.7 Å². The molecule has 0 aromatic heterocycles. The fourth-order valence-corrected chi connectivity index (χ4v) is 6.15. The number of hydrogen-bond donors (Lipinski definition) is 0. The summed E-state index contributed by atoms with van der Waals surface area (Å²) >= 11 is 0. The highest BCUT2D eigenvalue weighted by atomic mass is 32.2. The van der Waals surface area contributed by atoms with E-state index >= 15 is 0 Å². The predicted octanol–water partition coefficient (Wildman–Crippen LogP) is 4.41. The first-order valence-corrected chi connectivity index (χ1v) is 15.0. The lowest BCUT2D eigenvalue weighted by atomic mass is 9.95. The minimum atomic E-state index is -6.22. The van der Waals surface area contributed by atoms with Crippen LogP contribution in [-0.2, 0) is 47.5 Å². The number of benzene rings is 2. The lowest BCUT2D eigenvalue weighted by Crippen LogP contribution is -2.29. The van der Waals surface area contributed by atoms with Crippen LogP contribution in [-0.4, -0.2) is 41.4 Å². The maximum absolute atomic E-state index is 13.4. The van der Waals surface area contributed by atoms with Crippen LogP contribution in [0.15, 0.2) is 40.8 Å². The summed E-state index contributed by atoms with van der Waals surface area (Å²) in [5.74, 6) is -3.46. The van der Waals surface area contributed by atoms with E-state index in [-0.39, 0.29) is 28.0 Å². The minimum absolute atomic E-state index is 0.0838. The van der Waals surface area contributed by atoms with Crippen molar-refractivity contribution in [1.82, 2.24) is 0 Å². The van der Waals surface area contributed by atoms with Gasteiger partial charge in [-0.25, -0.2) is 4.79 Å². The van der Waals surface area contributed by atoms with E-state index in [0.29, 0.717) is 18.4 Å². The Morgan fingerprint density at radius 3 is 2.34 bits per heavy atom. The third kappa shape index (κ3) is 6.05. The molecule has 0 radical (unpaired) electrons. The number of fused-ring (bicyclic) bond motifs is 1. The van der Waals surface area contributed by atoms with Crippen LogP contribution in [0, 0.1) is 19.8 Å². The third-order valence-corrected chi connectivity index (χ3v) is 9.04. The van der Waals surface area contributed by atoms with Crippen LogP contribution in [0.5, 0.6) is 11.5 Å². The Kier molecular flexibility index (Phi) is 8.15. The van der Waals surface area contributed by atoms with Crippen molar-refractivity contribution in [1.29, 1.82) is 0 Å². The number of hydrogen-bond acceptors (Lipinski definition) is 10. The summed E-state index contributed by atoms with van der Waals surface area (Å²) in [6, 6.07) is 5.43. The van der Waals surface area contributed by atoms with Gasteiger partial charge in [-0.15, -0.1) is 0 Å². The molecule has 0 bridgehead atoms. The second kappa shape index (κ2) is 11.0. The first-order valence-electron chi connectivity index (χ1n) is 12.2. The number of ether oxygens (including phenoxy) is 2. The zero-order valence-corrected chi connectivity index (χ0v) is 23.7. The Morgan fingerprint density at radius 1 is 1.07 bits per heavy atom. The molecule has 4 rings (SSSR count). The molecule has 1 saturated carbocycles. The molecule has 0 amide bonds. The van der Waals surface area contributed by atoms with Crippen molar-refractivity contribution in [2.75, 3.05) is 7.11 Å². The summed E-state index contributed by atoms with van der Waals surface area (Å²) < 4.78 is 110. The molecule has 1 aliphatic heterocycles. The number of methoxy groups -OCH3 is 1. The van der Waals surface area contributed by atoms with Crippen molar-refractivity contribution in [3.63, 3.8) is 0 Å².